The molecule has 25 heavy (non-hydrogen) atoms. The lowest BCUT2D eigenvalue weighted by Gasteiger charge is -2.29. The van der Waals surface area contributed by atoms with Crippen LogP contribution >= 0.6 is 23.6 Å². The maximum Gasteiger partial charge on any atom is 0.169 e. The van der Waals surface area contributed by atoms with Crippen molar-refractivity contribution in [3.05, 3.63) is 16.1 Å². The Morgan fingerprint density at radius 2 is 1.88 bits per heavy atom. The lowest BCUT2D eigenvalue weighted by atomic mass is 9.97. The minimum absolute atomic E-state index is 0.588. The van der Waals surface area contributed by atoms with Crippen molar-refractivity contribution in [3.8, 4) is 0 Å². The molecule has 1 aliphatic carbocycles. The highest BCUT2D eigenvalue weighted by atomic mass is 32.1. The Kier molecular flexibility index (Phi) is 7.49. The first kappa shape index (κ1) is 19.1. The third-order valence-electron chi connectivity index (χ3n) is 5.36. The van der Waals surface area contributed by atoms with Crippen LogP contribution in [0.25, 0.3) is 0 Å². The monoisotopic (exact) mass is 380 g/mol. The highest BCUT2D eigenvalue weighted by molar-refractivity contribution is 7.80. The minimum atomic E-state index is 0.588. The van der Waals surface area contributed by atoms with Gasteiger partial charge in [0.05, 0.1) is 10.7 Å². The van der Waals surface area contributed by atoms with Crippen LogP contribution in [-0.2, 0) is 6.54 Å². The van der Waals surface area contributed by atoms with Crippen LogP contribution < -0.4 is 5.32 Å². The van der Waals surface area contributed by atoms with E-state index in [4.69, 9.17) is 12.2 Å². The molecule has 2 fully saturated rings. The molecule has 3 rings (SSSR count). The number of nitrogens with one attached hydrogen (secondary N) is 1. The molecule has 1 aromatic rings. The summed E-state index contributed by atoms with van der Waals surface area (Å²) in [6, 6.07) is 0.588. The molecule has 6 heteroatoms. The largest absolute Gasteiger partial charge is 0.360 e. The SMILES string of the molecule is Cc1nc(CN2CCCN(C(=S)NC3CCCCCCC3)CC2)cs1. The molecular formula is C19H32N4S2. The van der Waals surface area contributed by atoms with Gasteiger partial charge in [0.15, 0.2) is 5.11 Å². The fourth-order valence-corrected chi connectivity index (χ4v) is 4.86. The third kappa shape index (κ3) is 6.19. The predicted molar refractivity (Wildman–Crippen MR) is 110 cm³/mol. The van der Waals surface area contributed by atoms with Crippen molar-refractivity contribution in [2.24, 2.45) is 0 Å². The number of hydrogen-bond donors (Lipinski definition) is 1. The van der Waals surface area contributed by atoms with Crippen LogP contribution in [0.1, 0.15) is 62.1 Å². The van der Waals surface area contributed by atoms with E-state index in [1.807, 2.05) is 0 Å². The zero-order valence-corrected chi connectivity index (χ0v) is 17.1. The maximum absolute atomic E-state index is 5.75. The second-order valence-electron chi connectivity index (χ2n) is 7.47. The summed E-state index contributed by atoms with van der Waals surface area (Å²) >= 11 is 7.50. The summed E-state index contributed by atoms with van der Waals surface area (Å²) in [6.07, 6.45) is 10.6. The molecule has 0 bridgehead atoms. The molecule has 1 saturated heterocycles. The van der Waals surface area contributed by atoms with E-state index in [9.17, 15) is 0 Å². The van der Waals surface area contributed by atoms with Crippen LogP contribution in [0.5, 0.6) is 0 Å². The van der Waals surface area contributed by atoms with Crippen LogP contribution in [0.2, 0.25) is 0 Å². The van der Waals surface area contributed by atoms with E-state index < -0.39 is 0 Å². The Morgan fingerprint density at radius 1 is 1.12 bits per heavy atom. The van der Waals surface area contributed by atoms with Crippen molar-refractivity contribution in [1.82, 2.24) is 20.1 Å². The zero-order valence-electron chi connectivity index (χ0n) is 15.5. The number of nitrogens with zero attached hydrogens (tertiary/aromatic N) is 3. The lowest BCUT2D eigenvalue weighted by molar-refractivity contribution is 0.274. The van der Waals surface area contributed by atoms with Crippen LogP contribution in [0.3, 0.4) is 0 Å². The molecular weight excluding hydrogens is 348 g/mol. The van der Waals surface area contributed by atoms with E-state index in [1.54, 1.807) is 11.3 Å². The average Bonchev–Trinajstić information content (AvgIpc) is 2.83. The standard InChI is InChI=1S/C19H32N4S2/c1-16-20-18(15-25-16)14-22-10-7-11-23(13-12-22)19(24)21-17-8-5-3-2-4-6-9-17/h15,17H,2-14H2,1H3,(H,21,24). The average molecular weight is 381 g/mol. The Hall–Kier alpha value is -0.720. The van der Waals surface area contributed by atoms with Crippen molar-refractivity contribution in [3.63, 3.8) is 0 Å². The van der Waals surface area contributed by atoms with Crippen molar-refractivity contribution < 1.29 is 0 Å². The number of aryl methyl sites for hydroxylation is 1. The molecule has 140 valence electrons. The second-order valence-corrected chi connectivity index (χ2v) is 8.92. The molecule has 1 aromatic heterocycles. The van der Waals surface area contributed by atoms with E-state index in [0.29, 0.717) is 6.04 Å². The normalized spacial score (nSPS) is 21.4. The Labute approximate surface area is 162 Å². The molecule has 0 atom stereocenters. The van der Waals surface area contributed by atoms with E-state index in [-0.39, 0.29) is 0 Å². The summed E-state index contributed by atoms with van der Waals surface area (Å²) in [5, 5.41) is 8.02. The van der Waals surface area contributed by atoms with Crippen molar-refractivity contribution in [1.29, 1.82) is 0 Å². The third-order valence-corrected chi connectivity index (χ3v) is 6.56. The summed E-state index contributed by atoms with van der Waals surface area (Å²) in [5.74, 6) is 0. The summed E-state index contributed by atoms with van der Waals surface area (Å²) in [5.41, 5.74) is 1.21. The minimum Gasteiger partial charge on any atom is -0.360 e. The van der Waals surface area contributed by atoms with Crippen LogP contribution in [-0.4, -0.2) is 52.1 Å². The van der Waals surface area contributed by atoms with Crippen LogP contribution in [0.4, 0.5) is 0 Å². The highest BCUT2D eigenvalue weighted by Gasteiger charge is 2.20. The van der Waals surface area contributed by atoms with Gasteiger partial charge in [-0.3, -0.25) is 4.90 Å². The lowest BCUT2D eigenvalue weighted by Crippen LogP contribution is -2.46. The molecule has 0 radical (unpaired) electrons. The topological polar surface area (TPSA) is 31.4 Å². The predicted octanol–water partition coefficient (Wildman–Crippen LogP) is 3.95. The molecule has 2 aliphatic rings. The first-order valence-corrected chi connectivity index (χ1v) is 11.2. The summed E-state index contributed by atoms with van der Waals surface area (Å²) in [6.45, 7) is 7.37. The summed E-state index contributed by atoms with van der Waals surface area (Å²) in [4.78, 5) is 9.52. The highest BCUT2D eigenvalue weighted by Crippen LogP contribution is 2.18. The van der Waals surface area contributed by atoms with Gasteiger partial charge in [-0.1, -0.05) is 32.1 Å². The van der Waals surface area contributed by atoms with Gasteiger partial charge in [0.2, 0.25) is 0 Å². The number of thiocarbonyl (C=S) groups is 1. The van der Waals surface area contributed by atoms with Gasteiger partial charge in [0, 0.05) is 44.1 Å². The number of thiazole rings is 1. The van der Waals surface area contributed by atoms with Crippen LogP contribution in [0, 0.1) is 6.92 Å². The van der Waals surface area contributed by atoms with Gasteiger partial charge in [0.25, 0.3) is 0 Å². The van der Waals surface area contributed by atoms with Gasteiger partial charge in [-0.15, -0.1) is 11.3 Å². The molecule has 1 N–H and O–H groups in total. The number of hydrogen-bond acceptors (Lipinski definition) is 4. The Bertz CT molecular complexity index is 537. The molecule has 1 aliphatic heterocycles. The van der Waals surface area contributed by atoms with E-state index in [1.165, 1.54) is 57.1 Å². The molecule has 0 aromatic carbocycles. The molecule has 0 spiro atoms. The molecule has 4 nitrogen and oxygen atoms in total. The Morgan fingerprint density at radius 3 is 2.60 bits per heavy atom. The van der Waals surface area contributed by atoms with Crippen molar-refractivity contribution >= 4 is 28.7 Å². The molecule has 2 heterocycles. The van der Waals surface area contributed by atoms with E-state index >= 15 is 0 Å². The summed E-state index contributed by atoms with van der Waals surface area (Å²) in [7, 11) is 0. The smallest absolute Gasteiger partial charge is 0.169 e. The maximum atomic E-state index is 5.75. The van der Waals surface area contributed by atoms with Gasteiger partial charge in [-0.05, 0) is 38.4 Å². The second kappa shape index (κ2) is 9.83. The fourth-order valence-electron chi connectivity index (χ4n) is 3.91. The molecule has 1 saturated carbocycles. The zero-order chi connectivity index (χ0) is 17.5. The van der Waals surface area contributed by atoms with Gasteiger partial charge in [-0.25, -0.2) is 4.98 Å². The van der Waals surface area contributed by atoms with Gasteiger partial charge < -0.3 is 10.2 Å². The number of rotatable bonds is 3. The first-order chi connectivity index (χ1) is 12.2. The Balaban J connectivity index is 1.45. The van der Waals surface area contributed by atoms with Crippen molar-refractivity contribution in [2.75, 3.05) is 26.2 Å². The van der Waals surface area contributed by atoms with Gasteiger partial charge >= 0.3 is 0 Å². The molecule has 0 amide bonds. The summed E-state index contributed by atoms with van der Waals surface area (Å²) < 4.78 is 0. The quantitative estimate of drug-likeness (QED) is 0.803. The van der Waals surface area contributed by atoms with Gasteiger partial charge in [0.1, 0.15) is 0 Å². The van der Waals surface area contributed by atoms with Crippen LogP contribution in [0.15, 0.2) is 5.38 Å². The molecule has 0 unspecified atom stereocenters. The van der Waals surface area contributed by atoms with Crippen molar-refractivity contribution in [2.45, 2.75) is 70.9 Å². The van der Waals surface area contributed by atoms with Gasteiger partial charge in [-0.2, -0.15) is 0 Å². The van der Waals surface area contributed by atoms with E-state index in [0.717, 1.165) is 42.8 Å². The first-order valence-electron chi connectivity index (χ1n) is 9.89. The van der Waals surface area contributed by atoms with E-state index in [2.05, 4.69) is 32.4 Å². The number of aromatic nitrogens is 1. The fraction of sp³-hybridized carbons (Fsp3) is 0.789.